The molecule has 0 bridgehead atoms. The van der Waals surface area contributed by atoms with Crippen molar-refractivity contribution in [2.24, 2.45) is 0 Å². The third kappa shape index (κ3) is 2.63. The van der Waals surface area contributed by atoms with Gasteiger partial charge in [-0.3, -0.25) is 0 Å². The predicted octanol–water partition coefficient (Wildman–Crippen LogP) is 11.3. The molecule has 11 rings (SSSR count). The fourth-order valence-electron chi connectivity index (χ4n) is 6.56. The van der Waals surface area contributed by atoms with E-state index in [1.54, 1.807) is 0 Å². The second-order valence-electron chi connectivity index (χ2n) is 10.3. The van der Waals surface area contributed by atoms with E-state index in [0.717, 1.165) is 0 Å². The van der Waals surface area contributed by atoms with Crippen molar-refractivity contribution in [2.75, 3.05) is 0 Å². The minimum absolute atomic E-state index is 0.174. The van der Waals surface area contributed by atoms with E-state index in [9.17, 15) is 11.0 Å². The standard InChI is InChI=1S/C42H24N2/c1-3-11-25(12-4-1)27-15-9-21-35-39(27)31-19-7-17-29-33-24-38-34(23-37(33)43(35)41(29)31)30-18-8-20-32-40-28(26-13-5-2-6-14-26)16-10-22-36(40)44(38)42(30)32/h1-24H/i1D,2D,3D,4D,5D,6D,7D,8D,9D,10D,11D,12D,13D,14D,15D,16D,17D,18D,19D,20D,21D,22D,23D,24D. The van der Waals surface area contributed by atoms with Crippen molar-refractivity contribution in [3.05, 3.63) is 145 Å². The normalized spacial score (nSPS) is 20.2. The zero-order valence-corrected chi connectivity index (χ0v) is 21.9. The number of aromatic nitrogens is 2. The number of rotatable bonds is 2. The molecule has 0 atom stereocenters. The largest absolute Gasteiger partial charge is 0.308 e. The van der Waals surface area contributed by atoms with Crippen LogP contribution >= 0.6 is 0 Å². The third-order valence-corrected chi connectivity index (χ3v) is 8.21. The van der Waals surface area contributed by atoms with E-state index in [4.69, 9.17) is 21.9 Å². The Morgan fingerprint density at radius 3 is 1.20 bits per heavy atom. The molecule has 0 aliphatic carbocycles. The topological polar surface area (TPSA) is 8.82 Å². The SMILES string of the molecule is [2H]c1c([2H])c([2H])c(-c2c([2H])c([2H])c([2H])c3c2c2c([2H])c([2H])c([2H])c4c5c([2H])c6c(c([2H])c5n3c24)c2c([2H])c([2H])c([2H])c3c4c(-c5c([2H])c([2H])c([2H])c([2H])c5[2H])c([2H])c([2H])c([2H])c4n6c32)c([2H])c1[2H]. The number of nitrogens with zero attached hydrogens (tertiary/aromatic N) is 2. The van der Waals surface area contributed by atoms with Crippen LogP contribution in [0.5, 0.6) is 0 Å². The highest BCUT2D eigenvalue weighted by molar-refractivity contribution is 6.30. The lowest BCUT2D eigenvalue weighted by molar-refractivity contribution is 1.36. The quantitative estimate of drug-likeness (QED) is 0.192. The average molecular weight is 581 g/mol. The highest BCUT2D eigenvalue weighted by Crippen LogP contribution is 2.47. The van der Waals surface area contributed by atoms with Gasteiger partial charge in [0, 0.05) is 43.1 Å². The lowest BCUT2D eigenvalue weighted by Crippen LogP contribution is -1.85. The van der Waals surface area contributed by atoms with Crippen LogP contribution in [0.4, 0.5) is 0 Å². The molecule has 7 aromatic carbocycles. The number of hydrogen-bond donors (Lipinski definition) is 0. The molecule has 0 spiro atoms. The van der Waals surface area contributed by atoms with E-state index < -0.39 is 167 Å². The molecule has 0 N–H and O–H groups in total. The van der Waals surface area contributed by atoms with Gasteiger partial charge in [0.05, 0.1) is 66.0 Å². The molecule has 0 fully saturated rings. The molecule has 0 amide bonds. The van der Waals surface area contributed by atoms with Gasteiger partial charge in [-0.2, -0.15) is 0 Å². The second-order valence-corrected chi connectivity index (χ2v) is 10.3. The lowest BCUT2D eigenvalue weighted by Gasteiger charge is -2.07. The average Bonchev–Trinajstić information content (AvgIpc) is 4.05. The molecular weight excluding hydrogens is 532 g/mol. The van der Waals surface area contributed by atoms with Crippen molar-refractivity contribution in [1.29, 1.82) is 0 Å². The van der Waals surface area contributed by atoms with E-state index in [1.807, 2.05) is 0 Å². The highest BCUT2D eigenvalue weighted by atomic mass is 14.9. The smallest absolute Gasteiger partial charge is 0.0653 e. The third-order valence-electron chi connectivity index (χ3n) is 8.21. The van der Waals surface area contributed by atoms with Crippen molar-refractivity contribution in [1.82, 2.24) is 8.80 Å². The number of fused-ring (bicyclic) bond motifs is 12. The van der Waals surface area contributed by atoms with Crippen molar-refractivity contribution >= 4 is 76.2 Å². The molecule has 2 nitrogen and oxygen atoms in total. The van der Waals surface area contributed by atoms with Gasteiger partial charge in [-0.05, 0) is 46.4 Å². The number of benzene rings is 7. The maximum absolute atomic E-state index is 10.0. The van der Waals surface area contributed by atoms with Crippen LogP contribution in [0.25, 0.3) is 98.4 Å². The lowest BCUT2D eigenvalue weighted by atomic mass is 9.98. The second kappa shape index (κ2) is 7.94. The van der Waals surface area contributed by atoms with Gasteiger partial charge in [0.1, 0.15) is 0 Å². The molecule has 4 aromatic heterocycles. The Balaban J connectivity index is 1.46. The molecule has 0 aliphatic heterocycles. The first-order valence-corrected chi connectivity index (χ1v) is 13.3. The molecule has 44 heavy (non-hydrogen) atoms. The summed E-state index contributed by atoms with van der Waals surface area (Å²) < 4.78 is 218. The minimum Gasteiger partial charge on any atom is -0.308 e. The first kappa shape index (κ1) is 10.1. The van der Waals surface area contributed by atoms with Crippen LogP contribution in [0, 0.1) is 0 Å². The maximum atomic E-state index is 10.0. The zero-order chi connectivity index (χ0) is 49.4. The summed E-state index contributed by atoms with van der Waals surface area (Å²) in [5.74, 6) is 0. The Labute approximate surface area is 286 Å². The monoisotopic (exact) mass is 580 g/mol. The van der Waals surface area contributed by atoms with Crippen LogP contribution in [0.3, 0.4) is 0 Å². The van der Waals surface area contributed by atoms with E-state index in [2.05, 4.69) is 0 Å². The Morgan fingerprint density at radius 1 is 0.341 bits per heavy atom. The van der Waals surface area contributed by atoms with Crippen LogP contribution in [-0.4, -0.2) is 8.80 Å². The van der Waals surface area contributed by atoms with Crippen molar-refractivity contribution < 1.29 is 32.9 Å². The molecule has 0 saturated carbocycles. The molecular formula is C42H24N2. The highest BCUT2D eigenvalue weighted by Gasteiger charge is 2.23. The Hall–Kier alpha value is -5.86. The van der Waals surface area contributed by atoms with Crippen molar-refractivity contribution in [2.45, 2.75) is 0 Å². The van der Waals surface area contributed by atoms with E-state index >= 15 is 0 Å². The van der Waals surface area contributed by atoms with Gasteiger partial charge in [0.25, 0.3) is 0 Å². The van der Waals surface area contributed by atoms with E-state index in [1.165, 1.54) is 8.80 Å². The molecule has 0 aliphatic rings. The van der Waals surface area contributed by atoms with Gasteiger partial charge in [-0.25, -0.2) is 0 Å². The minimum atomic E-state index is -0.809. The van der Waals surface area contributed by atoms with Gasteiger partial charge in [0.2, 0.25) is 0 Å². The Morgan fingerprint density at radius 2 is 0.750 bits per heavy atom. The summed E-state index contributed by atoms with van der Waals surface area (Å²) in [6, 6.07) is -17.8. The first-order valence-electron chi connectivity index (χ1n) is 25.3. The van der Waals surface area contributed by atoms with Crippen LogP contribution in [-0.2, 0) is 0 Å². The summed E-state index contributed by atoms with van der Waals surface area (Å²) in [5, 5.41) is -2.22. The summed E-state index contributed by atoms with van der Waals surface area (Å²) in [5.41, 5.74) is -3.72. The molecule has 2 heteroatoms. The molecule has 11 aromatic rings. The van der Waals surface area contributed by atoms with Crippen LogP contribution in [0.15, 0.2) is 145 Å². The summed E-state index contributed by atoms with van der Waals surface area (Å²) in [4.78, 5) is 0. The Kier molecular flexibility index (Phi) is 1.83. The van der Waals surface area contributed by atoms with Gasteiger partial charge in [-0.15, -0.1) is 0 Å². The summed E-state index contributed by atoms with van der Waals surface area (Å²) in [7, 11) is 0. The summed E-state index contributed by atoms with van der Waals surface area (Å²) >= 11 is 0. The van der Waals surface area contributed by atoms with Gasteiger partial charge >= 0.3 is 0 Å². The molecule has 4 heterocycles. The van der Waals surface area contributed by atoms with Gasteiger partial charge < -0.3 is 8.80 Å². The van der Waals surface area contributed by atoms with Crippen LogP contribution in [0.2, 0.25) is 0 Å². The fourth-order valence-corrected chi connectivity index (χ4v) is 6.56. The van der Waals surface area contributed by atoms with Crippen molar-refractivity contribution in [3.63, 3.8) is 0 Å². The predicted molar refractivity (Wildman–Crippen MR) is 187 cm³/mol. The summed E-state index contributed by atoms with van der Waals surface area (Å²) in [6.45, 7) is 0. The molecule has 0 saturated heterocycles. The Bertz CT molecular complexity index is 3970. The van der Waals surface area contributed by atoms with Crippen molar-refractivity contribution in [3.8, 4) is 22.3 Å². The molecule has 0 radical (unpaired) electrons. The number of hydrogen-bond acceptors (Lipinski definition) is 0. The van der Waals surface area contributed by atoms with E-state index in [-0.39, 0.29) is 76.2 Å². The summed E-state index contributed by atoms with van der Waals surface area (Å²) in [6.07, 6.45) is 0. The van der Waals surface area contributed by atoms with Gasteiger partial charge in [-0.1, -0.05) is 121 Å². The first-order chi connectivity index (χ1) is 31.9. The molecule has 0 unspecified atom stereocenters. The zero-order valence-electron chi connectivity index (χ0n) is 45.9. The maximum Gasteiger partial charge on any atom is 0.0653 e. The van der Waals surface area contributed by atoms with Crippen LogP contribution in [0.1, 0.15) is 32.9 Å². The van der Waals surface area contributed by atoms with Gasteiger partial charge in [0.15, 0.2) is 0 Å². The molecule has 202 valence electrons. The fraction of sp³-hybridized carbons (Fsp3) is 0. The van der Waals surface area contributed by atoms with E-state index in [0.29, 0.717) is 0 Å². The number of para-hydroxylation sites is 2. The van der Waals surface area contributed by atoms with Crippen LogP contribution < -0.4 is 0 Å².